The lowest BCUT2D eigenvalue weighted by Crippen LogP contribution is -2.43. The fourth-order valence-electron chi connectivity index (χ4n) is 3.49. The second-order valence-corrected chi connectivity index (χ2v) is 6.62. The van der Waals surface area contributed by atoms with Gasteiger partial charge < -0.3 is 15.6 Å². The number of piperidine rings is 1. The average Bonchev–Trinajstić information content (AvgIpc) is 2.59. The Balaban J connectivity index is 1.64. The monoisotopic (exact) mass is 326 g/mol. The number of benzene rings is 2. The van der Waals surface area contributed by atoms with E-state index < -0.39 is 0 Å². The van der Waals surface area contributed by atoms with E-state index in [-0.39, 0.29) is 12.0 Å². The number of nitrogens with zero attached hydrogens (tertiary/aromatic N) is 1. The maximum absolute atomic E-state index is 10.4. The Morgan fingerprint density at radius 1 is 1.17 bits per heavy atom. The number of methoxy groups -OCH3 is 1. The van der Waals surface area contributed by atoms with E-state index in [4.69, 9.17) is 10.5 Å². The molecule has 1 heterocycles. The van der Waals surface area contributed by atoms with Crippen molar-refractivity contribution < 1.29 is 9.84 Å². The summed E-state index contributed by atoms with van der Waals surface area (Å²) in [7, 11) is 1.62. The molecule has 0 saturated carbocycles. The smallest absolute Gasteiger partial charge is 0.141 e. The Morgan fingerprint density at radius 2 is 1.96 bits per heavy atom. The summed E-state index contributed by atoms with van der Waals surface area (Å²) in [4.78, 5) is 2.43. The summed E-state index contributed by atoms with van der Waals surface area (Å²) in [5.74, 6) is 0.934. The Labute approximate surface area is 143 Å². The summed E-state index contributed by atoms with van der Waals surface area (Å²) in [6.45, 7) is 2.79. The van der Waals surface area contributed by atoms with Crippen molar-refractivity contribution in [1.82, 2.24) is 4.90 Å². The van der Waals surface area contributed by atoms with E-state index in [2.05, 4.69) is 29.2 Å². The van der Waals surface area contributed by atoms with E-state index in [1.54, 1.807) is 7.11 Å². The first kappa shape index (κ1) is 16.8. The molecule has 0 amide bonds. The van der Waals surface area contributed by atoms with Gasteiger partial charge in [-0.05, 0) is 36.1 Å². The summed E-state index contributed by atoms with van der Waals surface area (Å²) in [5.41, 5.74) is 9.13. The van der Waals surface area contributed by atoms with Crippen LogP contribution in [0.5, 0.6) is 5.75 Å². The molecule has 3 N–H and O–H groups in total. The van der Waals surface area contributed by atoms with E-state index in [9.17, 15) is 5.11 Å². The number of ether oxygens (including phenoxy) is 1. The first-order valence-corrected chi connectivity index (χ1v) is 8.52. The number of aliphatic hydroxyl groups is 1. The summed E-state index contributed by atoms with van der Waals surface area (Å²) < 4.78 is 5.21. The van der Waals surface area contributed by atoms with Crippen LogP contribution in [0.4, 0.5) is 5.69 Å². The van der Waals surface area contributed by atoms with Crippen molar-refractivity contribution in [2.24, 2.45) is 5.92 Å². The van der Waals surface area contributed by atoms with E-state index >= 15 is 0 Å². The minimum absolute atomic E-state index is 0.232. The minimum atomic E-state index is -0.250. The van der Waals surface area contributed by atoms with Crippen molar-refractivity contribution in [3.63, 3.8) is 0 Å². The Morgan fingerprint density at radius 3 is 2.67 bits per heavy atom. The molecule has 2 aromatic rings. The fourth-order valence-corrected chi connectivity index (χ4v) is 3.49. The van der Waals surface area contributed by atoms with Crippen molar-refractivity contribution in [3.8, 4) is 5.75 Å². The third kappa shape index (κ3) is 4.08. The zero-order chi connectivity index (χ0) is 16.9. The summed E-state index contributed by atoms with van der Waals surface area (Å²) >= 11 is 0. The number of aliphatic hydroxyl groups excluding tert-OH is 1. The van der Waals surface area contributed by atoms with E-state index in [1.807, 2.05) is 24.3 Å². The van der Waals surface area contributed by atoms with Crippen molar-refractivity contribution in [1.29, 1.82) is 0 Å². The lowest BCUT2D eigenvalue weighted by atomic mass is 9.88. The maximum Gasteiger partial charge on any atom is 0.141 e. The van der Waals surface area contributed by atoms with Gasteiger partial charge in [-0.3, -0.25) is 4.90 Å². The van der Waals surface area contributed by atoms with E-state index in [0.29, 0.717) is 11.4 Å². The van der Waals surface area contributed by atoms with Gasteiger partial charge >= 0.3 is 0 Å². The number of hydrogen-bond donors (Lipinski definition) is 2. The second kappa shape index (κ2) is 7.69. The largest absolute Gasteiger partial charge is 0.495 e. The highest BCUT2D eigenvalue weighted by Gasteiger charge is 2.28. The van der Waals surface area contributed by atoms with Crippen LogP contribution in [0.25, 0.3) is 0 Å². The van der Waals surface area contributed by atoms with Crippen LogP contribution in [-0.4, -0.2) is 36.3 Å². The highest BCUT2D eigenvalue weighted by molar-refractivity contribution is 5.54. The van der Waals surface area contributed by atoms with Gasteiger partial charge in [0.15, 0.2) is 0 Å². The molecule has 1 aliphatic heterocycles. The molecule has 1 fully saturated rings. The number of hydrogen-bond acceptors (Lipinski definition) is 4. The van der Waals surface area contributed by atoms with Crippen molar-refractivity contribution in [3.05, 3.63) is 59.7 Å². The van der Waals surface area contributed by atoms with Crippen LogP contribution in [0.2, 0.25) is 0 Å². The number of nitrogen functional groups attached to an aromatic ring is 1. The molecule has 2 atom stereocenters. The topological polar surface area (TPSA) is 58.7 Å². The van der Waals surface area contributed by atoms with E-state index in [1.165, 1.54) is 5.56 Å². The normalized spacial score (nSPS) is 21.6. The Bertz CT molecular complexity index is 660. The van der Waals surface area contributed by atoms with Gasteiger partial charge in [0.25, 0.3) is 0 Å². The molecule has 2 unspecified atom stereocenters. The summed E-state index contributed by atoms with van der Waals surface area (Å²) in [6, 6.07) is 16.4. The molecule has 24 heavy (non-hydrogen) atoms. The quantitative estimate of drug-likeness (QED) is 0.830. The molecule has 0 bridgehead atoms. The third-order valence-electron chi connectivity index (χ3n) is 4.82. The van der Waals surface area contributed by atoms with Gasteiger partial charge in [-0.1, -0.05) is 36.4 Å². The van der Waals surface area contributed by atoms with E-state index in [0.717, 1.165) is 38.0 Å². The zero-order valence-electron chi connectivity index (χ0n) is 14.2. The Kier molecular flexibility index (Phi) is 5.38. The highest BCUT2D eigenvalue weighted by Crippen LogP contribution is 2.27. The van der Waals surface area contributed by atoms with Gasteiger partial charge in [-0.15, -0.1) is 0 Å². The SMILES string of the molecule is COc1ccc(CC2CN(Cc3ccccc3)CCC2O)cc1N. The Hall–Kier alpha value is -2.04. The van der Waals surface area contributed by atoms with Gasteiger partial charge in [-0.2, -0.15) is 0 Å². The number of rotatable bonds is 5. The number of anilines is 1. The third-order valence-corrected chi connectivity index (χ3v) is 4.82. The summed E-state index contributed by atoms with van der Waals surface area (Å²) in [5, 5.41) is 10.4. The van der Waals surface area contributed by atoms with Gasteiger partial charge in [-0.25, -0.2) is 0 Å². The first-order chi connectivity index (χ1) is 11.7. The fraction of sp³-hybridized carbons (Fsp3) is 0.400. The number of likely N-dealkylation sites (tertiary alicyclic amines) is 1. The van der Waals surface area contributed by atoms with Crippen LogP contribution in [-0.2, 0) is 13.0 Å². The predicted octanol–water partition coefficient (Wildman–Crippen LogP) is 2.70. The molecule has 0 radical (unpaired) electrons. The minimum Gasteiger partial charge on any atom is -0.495 e. The molecule has 3 rings (SSSR count). The molecular formula is C20H26N2O2. The highest BCUT2D eigenvalue weighted by atomic mass is 16.5. The molecule has 0 aliphatic carbocycles. The molecule has 4 heteroatoms. The van der Waals surface area contributed by atoms with Crippen LogP contribution in [0.3, 0.4) is 0 Å². The lowest BCUT2D eigenvalue weighted by Gasteiger charge is -2.36. The molecular weight excluding hydrogens is 300 g/mol. The molecule has 2 aromatic carbocycles. The van der Waals surface area contributed by atoms with Crippen LogP contribution >= 0.6 is 0 Å². The average molecular weight is 326 g/mol. The standard InChI is InChI=1S/C20H26N2O2/c1-24-20-8-7-16(12-18(20)21)11-17-14-22(10-9-19(17)23)13-15-5-3-2-4-6-15/h2-8,12,17,19,23H,9-11,13-14,21H2,1H3. The van der Waals surface area contributed by atoms with Gasteiger partial charge in [0, 0.05) is 25.6 Å². The molecule has 0 spiro atoms. The second-order valence-electron chi connectivity index (χ2n) is 6.62. The van der Waals surface area contributed by atoms with Crippen LogP contribution in [0.1, 0.15) is 17.5 Å². The number of nitrogens with two attached hydrogens (primary N) is 1. The van der Waals surface area contributed by atoms with Crippen LogP contribution in [0.15, 0.2) is 48.5 Å². The molecule has 4 nitrogen and oxygen atoms in total. The van der Waals surface area contributed by atoms with Gasteiger partial charge in [0.1, 0.15) is 5.75 Å². The summed E-state index contributed by atoms with van der Waals surface area (Å²) in [6.07, 6.45) is 1.41. The van der Waals surface area contributed by atoms with Crippen molar-refractivity contribution >= 4 is 5.69 Å². The van der Waals surface area contributed by atoms with Crippen molar-refractivity contribution in [2.45, 2.75) is 25.5 Å². The van der Waals surface area contributed by atoms with Crippen LogP contribution in [0, 0.1) is 5.92 Å². The molecule has 128 valence electrons. The molecule has 1 saturated heterocycles. The molecule has 0 aromatic heterocycles. The first-order valence-electron chi connectivity index (χ1n) is 8.52. The van der Waals surface area contributed by atoms with Gasteiger partial charge in [0.05, 0.1) is 18.9 Å². The van der Waals surface area contributed by atoms with Crippen LogP contribution < -0.4 is 10.5 Å². The van der Waals surface area contributed by atoms with Crippen molar-refractivity contribution in [2.75, 3.05) is 25.9 Å². The maximum atomic E-state index is 10.4. The molecule has 1 aliphatic rings. The zero-order valence-corrected chi connectivity index (χ0v) is 14.2. The van der Waals surface area contributed by atoms with Gasteiger partial charge in [0.2, 0.25) is 0 Å². The predicted molar refractivity (Wildman–Crippen MR) is 96.9 cm³/mol. The lowest BCUT2D eigenvalue weighted by molar-refractivity contribution is 0.0239.